The van der Waals surface area contributed by atoms with Crippen LogP contribution in [0.4, 0.5) is 0 Å². The van der Waals surface area contributed by atoms with Gasteiger partial charge in [0.15, 0.2) is 0 Å². The van der Waals surface area contributed by atoms with E-state index in [1.807, 2.05) is 66.9 Å². The zero-order valence-corrected chi connectivity index (χ0v) is 24.1. The standard InChI is InChI=1S/C40H30N4/c41-25-27-17-19-28(20-18-27)31-13-8-14-34(23-31)40(44-39(42)30-10-2-1-3-11-30)43-26-37-35-15-6-5-12-32(35)24-33-22-21-29-9-4-7-16-36(29)38(33)37/h1-24,26,39-40,44H,42H2. The Bertz CT molecular complexity index is 2180. The van der Waals surface area contributed by atoms with Crippen molar-refractivity contribution in [3.05, 3.63) is 168 Å². The van der Waals surface area contributed by atoms with E-state index in [1.165, 1.54) is 26.9 Å². The summed E-state index contributed by atoms with van der Waals surface area (Å²) in [5.74, 6) is 0. The summed E-state index contributed by atoms with van der Waals surface area (Å²) in [7, 11) is 0. The lowest BCUT2D eigenvalue weighted by molar-refractivity contribution is 0.467. The van der Waals surface area contributed by atoms with E-state index >= 15 is 0 Å². The molecule has 210 valence electrons. The van der Waals surface area contributed by atoms with E-state index in [0.717, 1.165) is 33.2 Å². The summed E-state index contributed by atoms with van der Waals surface area (Å²) in [5, 5.41) is 19.9. The van der Waals surface area contributed by atoms with Crippen molar-refractivity contribution in [3.63, 3.8) is 0 Å². The van der Waals surface area contributed by atoms with Crippen LogP contribution in [0.1, 0.15) is 34.6 Å². The third kappa shape index (κ3) is 5.34. The van der Waals surface area contributed by atoms with E-state index in [4.69, 9.17) is 10.7 Å². The van der Waals surface area contributed by atoms with Crippen LogP contribution < -0.4 is 11.1 Å². The number of rotatable bonds is 7. The summed E-state index contributed by atoms with van der Waals surface area (Å²) < 4.78 is 0. The Morgan fingerprint density at radius 1 is 0.614 bits per heavy atom. The molecule has 2 atom stereocenters. The fourth-order valence-electron chi connectivity index (χ4n) is 5.94. The minimum atomic E-state index is -0.429. The van der Waals surface area contributed by atoms with Crippen molar-refractivity contribution in [1.82, 2.24) is 5.32 Å². The quantitative estimate of drug-likeness (QED) is 0.0875. The maximum absolute atomic E-state index is 9.25. The van der Waals surface area contributed by atoms with Crippen molar-refractivity contribution in [2.24, 2.45) is 10.7 Å². The van der Waals surface area contributed by atoms with Crippen molar-refractivity contribution >= 4 is 38.5 Å². The summed E-state index contributed by atoms with van der Waals surface area (Å²) in [6.07, 6.45) is 1.16. The summed E-state index contributed by atoms with van der Waals surface area (Å²) >= 11 is 0. The highest BCUT2D eigenvalue weighted by Crippen LogP contribution is 2.34. The number of fused-ring (bicyclic) bond motifs is 4. The van der Waals surface area contributed by atoms with Gasteiger partial charge in [0.1, 0.15) is 6.17 Å². The highest BCUT2D eigenvalue weighted by Gasteiger charge is 2.17. The molecule has 7 rings (SSSR count). The van der Waals surface area contributed by atoms with Crippen LogP contribution in [0, 0.1) is 11.3 Å². The van der Waals surface area contributed by atoms with E-state index in [0.29, 0.717) is 5.56 Å². The fraction of sp³-hybridized carbons (Fsp3) is 0.0500. The monoisotopic (exact) mass is 566 g/mol. The Kier molecular flexibility index (Phi) is 7.40. The SMILES string of the molecule is N#Cc1ccc(-c2cccc(C(N=Cc3c4ccccc4cc4ccc5ccccc5c34)NC(N)c3ccccc3)c2)cc1. The maximum Gasteiger partial charge on any atom is 0.127 e. The van der Waals surface area contributed by atoms with Gasteiger partial charge in [0.25, 0.3) is 0 Å². The second-order valence-corrected chi connectivity index (χ2v) is 10.9. The smallest absolute Gasteiger partial charge is 0.127 e. The minimum Gasteiger partial charge on any atom is -0.312 e. The number of nitriles is 1. The van der Waals surface area contributed by atoms with E-state index < -0.39 is 12.3 Å². The number of hydrogen-bond acceptors (Lipinski definition) is 4. The third-order valence-corrected chi connectivity index (χ3v) is 8.19. The first-order chi connectivity index (χ1) is 21.7. The Balaban J connectivity index is 1.37. The van der Waals surface area contributed by atoms with Crippen LogP contribution in [-0.2, 0) is 0 Å². The van der Waals surface area contributed by atoms with Gasteiger partial charge in [0, 0.05) is 11.8 Å². The van der Waals surface area contributed by atoms with Gasteiger partial charge in [-0.05, 0) is 78.8 Å². The van der Waals surface area contributed by atoms with Gasteiger partial charge in [0.2, 0.25) is 0 Å². The summed E-state index contributed by atoms with van der Waals surface area (Å²) in [6, 6.07) is 51.9. The molecule has 0 fully saturated rings. The number of aliphatic imine (C=N–C) groups is 1. The molecular formula is C40H30N4. The van der Waals surface area contributed by atoms with Crippen LogP contribution in [0.2, 0.25) is 0 Å². The van der Waals surface area contributed by atoms with E-state index in [-0.39, 0.29) is 0 Å². The van der Waals surface area contributed by atoms with E-state index in [1.54, 1.807) is 0 Å². The number of hydrogen-bond donors (Lipinski definition) is 2. The Morgan fingerprint density at radius 2 is 1.30 bits per heavy atom. The lowest BCUT2D eigenvalue weighted by atomic mass is 9.93. The summed E-state index contributed by atoms with van der Waals surface area (Å²) in [6.45, 7) is 0. The molecule has 0 saturated heterocycles. The molecule has 0 saturated carbocycles. The predicted molar refractivity (Wildman–Crippen MR) is 182 cm³/mol. The number of nitrogens with zero attached hydrogens (tertiary/aromatic N) is 2. The molecule has 0 amide bonds. The molecule has 0 bridgehead atoms. The fourth-order valence-corrected chi connectivity index (χ4v) is 5.94. The van der Waals surface area contributed by atoms with Gasteiger partial charge in [-0.15, -0.1) is 0 Å². The second kappa shape index (κ2) is 11.9. The molecule has 44 heavy (non-hydrogen) atoms. The first-order valence-electron chi connectivity index (χ1n) is 14.7. The molecule has 2 unspecified atom stereocenters. The third-order valence-electron chi connectivity index (χ3n) is 8.19. The van der Waals surface area contributed by atoms with Crippen molar-refractivity contribution in [2.75, 3.05) is 0 Å². The zero-order valence-electron chi connectivity index (χ0n) is 24.1. The number of benzene rings is 7. The number of nitrogens with one attached hydrogen (secondary N) is 1. The molecule has 4 nitrogen and oxygen atoms in total. The average molecular weight is 567 g/mol. The molecule has 0 heterocycles. The molecular weight excluding hydrogens is 536 g/mol. The van der Waals surface area contributed by atoms with Crippen LogP contribution in [0.25, 0.3) is 43.4 Å². The van der Waals surface area contributed by atoms with Crippen molar-refractivity contribution in [1.29, 1.82) is 5.26 Å². The lowest BCUT2D eigenvalue weighted by Crippen LogP contribution is -2.31. The van der Waals surface area contributed by atoms with Gasteiger partial charge in [-0.2, -0.15) is 5.26 Å². The molecule has 0 aliphatic heterocycles. The summed E-state index contributed by atoms with van der Waals surface area (Å²) in [4.78, 5) is 5.24. The predicted octanol–water partition coefficient (Wildman–Crippen LogP) is 9.05. The first kappa shape index (κ1) is 27.2. The Hall–Kier alpha value is -5.60. The zero-order chi connectivity index (χ0) is 29.9. The van der Waals surface area contributed by atoms with E-state index in [9.17, 15) is 5.26 Å². The van der Waals surface area contributed by atoms with Crippen molar-refractivity contribution < 1.29 is 0 Å². The molecule has 3 N–H and O–H groups in total. The molecule has 4 heteroatoms. The molecule has 7 aromatic carbocycles. The number of nitrogens with two attached hydrogens (primary N) is 1. The van der Waals surface area contributed by atoms with Crippen LogP contribution in [-0.4, -0.2) is 6.21 Å². The average Bonchev–Trinajstić information content (AvgIpc) is 3.09. The lowest BCUT2D eigenvalue weighted by Gasteiger charge is -2.22. The Labute approximate surface area is 256 Å². The largest absolute Gasteiger partial charge is 0.312 e. The van der Waals surface area contributed by atoms with E-state index in [2.05, 4.69) is 96.3 Å². The molecule has 0 aliphatic rings. The first-order valence-corrected chi connectivity index (χ1v) is 14.7. The normalized spacial score (nSPS) is 12.9. The molecule has 7 aromatic rings. The van der Waals surface area contributed by atoms with Crippen LogP contribution in [0.3, 0.4) is 0 Å². The van der Waals surface area contributed by atoms with Crippen molar-refractivity contribution in [2.45, 2.75) is 12.3 Å². The van der Waals surface area contributed by atoms with Gasteiger partial charge < -0.3 is 5.73 Å². The molecule has 0 aliphatic carbocycles. The summed E-state index contributed by atoms with van der Waals surface area (Å²) in [5.41, 5.74) is 12.5. The molecule has 0 aromatic heterocycles. The minimum absolute atomic E-state index is 0.424. The van der Waals surface area contributed by atoms with Gasteiger partial charge in [0.05, 0.1) is 17.8 Å². The van der Waals surface area contributed by atoms with Gasteiger partial charge in [-0.3, -0.25) is 10.3 Å². The van der Waals surface area contributed by atoms with Crippen LogP contribution in [0.15, 0.2) is 151 Å². The highest BCUT2D eigenvalue weighted by atomic mass is 15.1. The van der Waals surface area contributed by atoms with Crippen molar-refractivity contribution in [3.8, 4) is 17.2 Å². The topological polar surface area (TPSA) is 74.2 Å². The van der Waals surface area contributed by atoms with Crippen LogP contribution >= 0.6 is 0 Å². The van der Waals surface area contributed by atoms with Gasteiger partial charge in [-0.25, -0.2) is 0 Å². The van der Waals surface area contributed by atoms with Crippen LogP contribution in [0.5, 0.6) is 0 Å². The molecule has 0 radical (unpaired) electrons. The Morgan fingerprint density at radius 3 is 2.09 bits per heavy atom. The van der Waals surface area contributed by atoms with Gasteiger partial charge >= 0.3 is 0 Å². The highest BCUT2D eigenvalue weighted by molar-refractivity contribution is 6.21. The maximum atomic E-state index is 9.25. The second-order valence-electron chi connectivity index (χ2n) is 10.9. The molecule has 0 spiro atoms. The van der Waals surface area contributed by atoms with Gasteiger partial charge in [-0.1, -0.05) is 121 Å².